The minimum absolute atomic E-state index is 0.0319. The number of nitrogens with one attached hydrogen (secondary N) is 1. The summed E-state index contributed by atoms with van der Waals surface area (Å²) in [6.45, 7) is 9.09. The quantitative estimate of drug-likeness (QED) is 0.303. The van der Waals surface area contributed by atoms with Gasteiger partial charge in [0.25, 0.3) is 0 Å². The van der Waals surface area contributed by atoms with E-state index in [9.17, 15) is 19.5 Å². The number of amides is 4. The summed E-state index contributed by atoms with van der Waals surface area (Å²) >= 11 is 0. The number of hydrogen-bond donors (Lipinski definition) is 2. The second-order valence-corrected chi connectivity index (χ2v) is 14.1. The molecule has 0 bridgehead atoms. The lowest BCUT2D eigenvalue weighted by Gasteiger charge is -2.55. The van der Waals surface area contributed by atoms with Crippen molar-refractivity contribution < 1.29 is 28.3 Å². The van der Waals surface area contributed by atoms with E-state index in [1.54, 1.807) is 11.1 Å². The number of likely N-dealkylation sites (N-methyl/N-ethyl adjacent to an activating group) is 1. The second-order valence-electron chi connectivity index (χ2n) is 14.1. The van der Waals surface area contributed by atoms with Gasteiger partial charge in [-0.05, 0) is 36.4 Å². The van der Waals surface area contributed by atoms with Gasteiger partial charge in [0.1, 0.15) is 23.8 Å². The molecule has 0 spiro atoms. The molecular formula is C38H45F2N9O4. The number of phenolic OH excluding ortho intramolecular Hbond substituents is 1. The van der Waals surface area contributed by atoms with Crippen molar-refractivity contribution >= 4 is 23.7 Å². The molecule has 0 radical (unpaired) electrons. The number of rotatable bonds is 10. The van der Waals surface area contributed by atoms with E-state index in [1.807, 2.05) is 35.2 Å². The molecule has 4 aliphatic heterocycles. The van der Waals surface area contributed by atoms with Gasteiger partial charge in [-0.15, -0.1) is 6.58 Å². The molecule has 1 aromatic heterocycles. The van der Waals surface area contributed by atoms with E-state index in [0.29, 0.717) is 24.8 Å². The number of piperazine rings is 2. The van der Waals surface area contributed by atoms with Crippen LogP contribution >= 0.6 is 0 Å². The van der Waals surface area contributed by atoms with Gasteiger partial charge in [-0.25, -0.2) is 28.6 Å². The van der Waals surface area contributed by atoms with Crippen molar-refractivity contribution in [2.24, 2.45) is 0 Å². The highest BCUT2D eigenvalue weighted by molar-refractivity contribution is 5.91. The Bertz CT molecular complexity index is 1840. The molecule has 0 saturated carbocycles. The molecule has 3 aromatic rings. The fourth-order valence-electron chi connectivity index (χ4n) is 7.63. The third-order valence-electron chi connectivity index (χ3n) is 10.6. The van der Waals surface area contributed by atoms with Gasteiger partial charge in [-0.1, -0.05) is 42.5 Å². The monoisotopic (exact) mass is 729 g/mol. The third kappa shape index (κ3) is 7.68. The number of aromatic nitrogens is 1. The van der Waals surface area contributed by atoms with E-state index in [-0.39, 0.29) is 56.3 Å². The number of hydrazine groups is 1. The van der Waals surface area contributed by atoms with Crippen LogP contribution in [-0.4, -0.2) is 142 Å². The summed E-state index contributed by atoms with van der Waals surface area (Å²) in [5.41, 5.74) is 1.43. The predicted molar refractivity (Wildman–Crippen MR) is 193 cm³/mol. The number of pyridine rings is 1. The van der Waals surface area contributed by atoms with Gasteiger partial charge in [-0.3, -0.25) is 14.5 Å². The van der Waals surface area contributed by atoms with Gasteiger partial charge >= 0.3 is 6.03 Å². The number of carbonyl (C=O) groups excluding carboxylic acids is 3. The van der Waals surface area contributed by atoms with Gasteiger partial charge in [0, 0.05) is 70.9 Å². The SMILES string of the molecule is C=CCN1CC(=O)N2[C@@H](Cc3ccc(O)cc3F)C(=O)N(Cc3ccc(F)c(N4CC(N5CCN(C)CC5)C4)n3)C[C@@H]2N1C(=O)NCc1ccccc1. The highest BCUT2D eigenvalue weighted by atomic mass is 19.1. The average molecular weight is 730 g/mol. The smallest absolute Gasteiger partial charge is 0.334 e. The number of urea groups is 1. The summed E-state index contributed by atoms with van der Waals surface area (Å²) in [5, 5.41) is 15.8. The number of aromatic hydroxyl groups is 1. The molecular weight excluding hydrogens is 684 g/mol. The molecule has 2 N–H and O–H groups in total. The molecule has 13 nitrogen and oxygen atoms in total. The van der Waals surface area contributed by atoms with Crippen molar-refractivity contribution in [2.75, 3.05) is 70.9 Å². The first-order valence-electron chi connectivity index (χ1n) is 18.0. The summed E-state index contributed by atoms with van der Waals surface area (Å²) in [7, 11) is 2.11. The molecule has 2 atom stereocenters. The van der Waals surface area contributed by atoms with E-state index in [2.05, 4.69) is 33.7 Å². The van der Waals surface area contributed by atoms with Crippen LogP contribution in [0.25, 0.3) is 0 Å². The summed E-state index contributed by atoms with van der Waals surface area (Å²) in [5.74, 6) is -2.11. The van der Waals surface area contributed by atoms with Crippen molar-refractivity contribution in [3.63, 3.8) is 0 Å². The van der Waals surface area contributed by atoms with E-state index >= 15 is 8.78 Å². The van der Waals surface area contributed by atoms with Gasteiger partial charge < -0.3 is 30.0 Å². The third-order valence-corrected chi connectivity index (χ3v) is 10.6. The Morgan fingerprint density at radius 2 is 1.75 bits per heavy atom. The number of phenols is 1. The Balaban J connectivity index is 1.16. The number of fused-ring (bicyclic) bond motifs is 1. The Hall–Kier alpha value is -5.12. The largest absolute Gasteiger partial charge is 0.508 e. The molecule has 4 amide bonds. The molecule has 4 saturated heterocycles. The zero-order chi connectivity index (χ0) is 37.2. The maximum absolute atomic E-state index is 15.2. The number of hydrogen-bond acceptors (Lipinski definition) is 9. The zero-order valence-corrected chi connectivity index (χ0v) is 29.8. The molecule has 0 unspecified atom stereocenters. The summed E-state index contributed by atoms with van der Waals surface area (Å²) in [6, 6.07) is 14.6. The van der Waals surface area contributed by atoms with Crippen LogP contribution in [-0.2, 0) is 29.1 Å². The molecule has 4 fully saturated rings. The lowest BCUT2D eigenvalue weighted by molar-refractivity contribution is -0.189. The van der Waals surface area contributed by atoms with Gasteiger partial charge in [0.2, 0.25) is 11.8 Å². The van der Waals surface area contributed by atoms with E-state index in [0.717, 1.165) is 37.8 Å². The van der Waals surface area contributed by atoms with Gasteiger partial charge in [-0.2, -0.15) is 0 Å². The number of anilines is 1. The highest BCUT2D eigenvalue weighted by Crippen LogP contribution is 2.31. The van der Waals surface area contributed by atoms with Crippen molar-refractivity contribution in [1.82, 2.24) is 39.9 Å². The molecule has 280 valence electrons. The predicted octanol–water partition coefficient (Wildman–Crippen LogP) is 2.24. The number of halogens is 2. The molecule has 7 rings (SSSR count). The first-order chi connectivity index (χ1) is 25.6. The van der Waals surface area contributed by atoms with Crippen molar-refractivity contribution in [2.45, 2.75) is 37.8 Å². The first-order valence-corrected chi connectivity index (χ1v) is 18.0. The van der Waals surface area contributed by atoms with E-state index < -0.39 is 41.7 Å². The van der Waals surface area contributed by atoms with Crippen molar-refractivity contribution in [3.05, 3.63) is 102 Å². The first kappa shape index (κ1) is 36.2. The van der Waals surface area contributed by atoms with E-state index in [1.165, 1.54) is 39.1 Å². The molecule has 15 heteroatoms. The Morgan fingerprint density at radius 3 is 2.47 bits per heavy atom. The van der Waals surface area contributed by atoms with Crippen LogP contribution in [0, 0.1) is 11.6 Å². The lowest BCUT2D eigenvalue weighted by Crippen LogP contribution is -2.76. The maximum Gasteiger partial charge on any atom is 0.334 e. The van der Waals surface area contributed by atoms with Crippen LogP contribution in [0.3, 0.4) is 0 Å². The van der Waals surface area contributed by atoms with Gasteiger partial charge in [0.15, 0.2) is 11.6 Å². The minimum atomic E-state index is -1.18. The van der Waals surface area contributed by atoms with Crippen molar-refractivity contribution in [1.29, 1.82) is 0 Å². The van der Waals surface area contributed by atoms with Crippen molar-refractivity contribution in [3.8, 4) is 5.75 Å². The maximum atomic E-state index is 15.2. The van der Waals surface area contributed by atoms with Crippen LogP contribution in [0.4, 0.5) is 19.4 Å². The van der Waals surface area contributed by atoms with Crippen LogP contribution < -0.4 is 10.2 Å². The molecule has 0 aliphatic carbocycles. The number of carbonyl (C=O) groups is 3. The molecule has 53 heavy (non-hydrogen) atoms. The summed E-state index contributed by atoms with van der Waals surface area (Å²) < 4.78 is 30.4. The topological polar surface area (TPSA) is 119 Å². The second kappa shape index (κ2) is 15.5. The highest BCUT2D eigenvalue weighted by Gasteiger charge is 2.51. The number of nitrogens with zero attached hydrogens (tertiary/aromatic N) is 8. The fraction of sp³-hybridized carbons (Fsp3) is 0.421. The Labute approximate surface area is 307 Å². The van der Waals surface area contributed by atoms with Crippen LogP contribution in [0.1, 0.15) is 16.8 Å². The summed E-state index contributed by atoms with van der Waals surface area (Å²) in [6.07, 6.45) is 0.423. The van der Waals surface area contributed by atoms with Crippen LogP contribution in [0.15, 0.2) is 73.3 Å². The van der Waals surface area contributed by atoms with Crippen LogP contribution in [0.2, 0.25) is 0 Å². The van der Waals surface area contributed by atoms with Gasteiger partial charge in [0.05, 0.1) is 25.3 Å². The van der Waals surface area contributed by atoms with Crippen LogP contribution in [0.5, 0.6) is 5.75 Å². The fourth-order valence-corrected chi connectivity index (χ4v) is 7.63. The normalized spacial score (nSPS) is 21.8. The Morgan fingerprint density at radius 1 is 1.00 bits per heavy atom. The average Bonchev–Trinajstić information content (AvgIpc) is 3.12. The Kier molecular flexibility index (Phi) is 10.6. The molecule has 5 heterocycles. The molecule has 2 aromatic carbocycles. The molecule has 4 aliphatic rings. The standard InChI is InChI=1S/C38H45F2N9O4/c1-3-13-47-25-35(51)48-33(18-27-9-11-30(50)19-32(27)40)37(52)46(24-34(48)49(47)38(53)41-20-26-7-5-4-6-8-26)21-28-10-12-31(39)36(42-28)45-22-29(23-45)44-16-14-43(2)15-17-44/h3-12,19,29,33-34,50H,1,13-18,20-25H2,2H3,(H,41,53)/t33-,34-/m0/s1. The minimum Gasteiger partial charge on any atom is -0.508 e. The number of benzene rings is 2. The van der Waals surface area contributed by atoms with E-state index in [4.69, 9.17) is 0 Å². The zero-order valence-electron chi connectivity index (χ0n) is 29.8. The summed E-state index contributed by atoms with van der Waals surface area (Å²) in [4.78, 5) is 56.5. The lowest BCUT2D eigenvalue weighted by atomic mass is 9.98.